The van der Waals surface area contributed by atoms with Gasteiger partial charge in [0, 0.05) is 23.8 Å². The minimum atomic E-state index is -0.294. The minimum Gasteiger partial charge on any atom is -0.351 e. The van der Waals surface area contributed by atoms with Gasteiger partial charge in [-0.15, -0.1) is 11.8 Å². The number of amides is 1. The fourth-order valence-corrected chi connectivity index (χ4v) is 2.20. The molecule has 1 aromatic carbocycles. The lowest BCUT2D eigenvalue weighted by molar-refractivity contribution is -0.118. The van der Waals surface area contributed by atoms with Gasteiger partial charge in [-0.05, 0) is 29.8 Å². The molecule has 0 radical (unpaired) electrons. The number of nitrogens with one attached hydrogen (secondary N) is 1. The molecule has 0 aliphatic carbocycles. The zero-order chi connectivity index (χ0) is 13.5. The van der Waals surface area contributed by atoms with Gasteiger partial charge in [0.05, 0.1) is 5.75 Å². The van der Waals surface area contributed by atoms with E-state index in [1.54, 1.807) is 24.5 Å². The van der Waals surface area contributed by atoms with E-state index in [9.17, 15) is 9.18 Å². The third-order valence-electron chi connectivity index (χ3n) is 2.40. The first kappa shape index (κ1) is 13.5. The van der Waals surface area contributed by atoms with E-state index in [1.165, 1.54) is 23.9 Å². The first-order valence-corrected chi connectivity index (χ1v) is 6.76. The van der Waals surface area contributed by atoms with Crippen molar-refractivity contribution < 1.29 is 9.18 Å². The molecule has 0 unspecified atom stereocenters. The number of thioether (sulfide) groups is 1. The van der Waals surface area contributed by atoms with Crippen molar-refractivity contribution >= 4 is 17.7 Å². The highest BCUT2D eigenvalue weighted by Gasteiger charge is 2.03. The molecule has 3 nitrogen and oxygen atoms in total. The molecule has 0 atom stereocenters. The van der Waals surface area contributed by atoms with Crippen LogP contribution in [0.15, 0.2) is 53.7 Å². The molecule has 0 fully saturated rings. The average molecular weight is 276 g/mol. The summed E-state index contributed by atoms with van der Waals surface area (Å²) in [7, 11) is 0. The lowest BCUT2D eigenvalue weighted by atomic mass is 10.2. The van der Waals surface area contributed by atoms with Crippen LogP contribution < -0.4 is 5.32 Å². The van der Waals surface area contributed by atoms with Crippen molar-refractivity contribution in [3.63, 3.8) is 0 Å². The first-order valence-electron chi connectivity index (χ1n) is 5.78. The molecule has 0 saturated carbocycles. The summed E-state index contributed by atoms with van der Waals surface area (Å²) in [6.45, 7) is 0.341. The van der Waals surface area contributed by atoms with E-state index in [2.05, 4.69) is 10.3 Å². The molecular weight excluding hydrogens is 263 g/mol. The summed E-state index contributed by atoms with van der Waals surface area (Å²) in [6, 6.07) is 9.90. The van der Waals surface area contributed by atoms with Crippen molar-refractivity contribution in [3.8, 4) is 0 Å². The number of hydrogen-bond donors (Lipinski definition) is 1. The highest BCUT2D eigenvalue weighted by molar-refractivity contribution is 8.00. The molecule has 2 aromatic rings. The molecule has 0 saturated heterocycles. The zero-order valence-electron chi connectivity index (χ0n) is 10.2. The third kappa shape index (κ3) is 4.71. The Labute approximate surface area is 115 Å². The lowest BCUT2D eigenvalue weighted by Crippen LogP contribution is -2.24. The molecular formula is C14H13FN2OS. The Kier molecular flexibility index (Phi) is 4.92. The van der Waals surface area contributed by atoms with Crippen molar-refractivity contribution in [2.24, 2.45) is 0 Å². The highest BCUT2D eigenvalue weighted by atomic mass is 32.2. The second-order valence-electron chi connectivity index (χ2n) is 3.88. The summed E-state index contributed by atoms with van der Waals surface area (Å²) in [5.41, 5.74) is 0.752. The van der Waals surface area contributed by atoms with Gasteiger partial charge in [-0.3, -0.25) is 9.78 Å². The topological polar surface area (TPSA) is 42.0 Å². The van der Waals surface area contributed by atoms with Crippen molar-refractivity contribution in [3.05, 3.63) is 60.2 Å². The van der Waals surface area contributed by atoms with Gasteiger partial charge in [-0.25, -0.2) is 4.39 Å². The number of halogens is 1. The zero-order valence-corrected chi connectivity index (χ0v) is 11.0. The number of carbonyl (C=O) groups excluding carboxylic acids is 1. The third-order valence-corrected chi connectivity index (χ3v) is 3.41. The van der Waals surface area contributed by atoms with E-state index in [-0.39, 0.29) is 11.7 Å². The summed E-state index contributed by atoms with van der Waals surface area (Å²) in [4.78, 5) is 16.5. The standard InChI is InChI=1S/C14H13FN2OS/c15-12-3-1-2-11(8-12)9-17-14(18)10-19-13-4-6-16-7-5-13/h1-8H,9-10H2,(H,17,18). The maximum atomic E-state index is 12.9. The summed E-state index contributed by atoms with van der Waals surface area (Å²) in [5.74, 6) is -0.0386. The van der Waals surface area contributed by atoms with Gasteiger partial charge in [-0.1, -0.05) is 12.1 Å². The van der Waals surface area contributed by atoms with E-state index in [4.69, 9.17) is 0 Å². The summed E-state index contributed by atoms with van der Waals surface area (Å²) in [5, 5.41) is 2.75. The summed E-state index contributed by atoms with van der Waals surface area (Å²) < 4.78 is 12.9. The van der Waals surface area contributed by atoms with Gasteiger partial charge in [0.15, 0.2) is 0 Å². The van der Waals surface area contributed by atoms with E-state index in [0.717, 1.165) is 10.5 Å². The fraction of sp³-hybridized carbons (Fsp3) is 0.143. The maximum absolute atomic E-state index is 12.9. The maximum Gasteiger partial charge on any atom is 0.230 e. The van der Waals surface area contributed by atoms with E-state index < -0.39 is 0 Å². The Bertz CT molecular complexity index is 548. The highest BCUT2D eigenvalue weighted by Crippen LogP contribution is 2.15. The van der Waals surface area contributed by atoms with Crippen molar-refractivity contribution in [2.45, 2.75) is 11.4 Å². The number of carbonyl (C=O) groups is 1. The predicted octanol–water partition coefficient (Wildman–Crippen LogP) is 2.63. The Morgan fingerprint density at radius 2 is 2.05 bits per heavy atom. The molecule has 0 aliphatic rings. The summed E-state index contributed by atoms with van der Waals surface area (Å²) >= 11 is 1.44. The first-order chi connectivity index (χ1) is 9.24. The van der Waals surface area contributed by atoms with Crippen LogP contribution in [0.3, 0.4) is 0 Å². The van der Waals surface area contributed by atoms with Crippen molar-refractivity contribution in [2.75, 3.05) is 5.75 Å². The largest absolute Gasteiger partial charge is 0.351 e. The van der Waals surface area contributed by atoms with Crippen LogP contribution in [-0.2, 0) is 11.3 Å². The van der Waals surface area contributed by atoms with Gasteiger partial charge < -0.3 is 5.32 Å². The molecule has 0 aliphatic heterocycles. The molecule has 0 bridgehead atoms. The Morgan fingerprint density at radius 1 is 1.26 bits per heavy atom. The molecule has 19 heavy (non-hydrogen) atoms. The number of benzene rings is 1. The molecule has 1 heterocycles. The minimum absolute atomic E-state index is 0.0777. The van der Waals surface area contributed by atoms with Crippen molar-refractivity contribution in [1.82, 2.24) is 10.3 Å². The number of aromatic nitrogens is 1. The van der Waals surface area contributed by atoms with Gasteiger partial charge >= 0.3 is 0 Å². The van der Waals surface area contributed by atoms with Crippen LogP contribution in [0, 0.1) is 5.82 Å². The van der Waals surface area contributed by atoms with E-state index in [0.29, 0.717) is 12.3 Å². The van der Waals surface area contributed by atoms with Gasteiger partial charge in [0.2, 0.25) is 5.91 Å². The molecule has 1 N–H and O–H groups in total. The summed E-state index contributed by atoms with van der Waals surface area (Å²) in [6.07, 6.45) is 3.37. The normalized spacial score (nSPS) is 10.2. The molecule has 0 spiro atoms. The number of pyridine rings is 1. The number of rotatable bonds is 5. The second kappa shape index (κ2) is 6.89. The smallest absolute Gasteiger partial charge is 0.230 e. The van der Waals surface area contributed by atoms with Gasteiger partial charge in [-0.2, -0.15) is 0 Å². The molecule has 1 amide bonds. The van der Waals surface area contributed by atoms with Crippen LogP contribution in [0.1, 0.15) is 5.56 Å². The second-order valence-corrected chi connectivity index (χ2v) is 4.93. The molecule has 98 valence electrons. The van der Waals surface area contributed by atoms with Crippen LogP contribution in [0.5, 0.6) is 0 Å². The predicted molar refractivity (Wildman–Crippen MR) is 73.2 cm³/mol. The van der Waals surface area contributed by atoms with E-state index >= 15 is 0 Å². The molecule has 1 aromatic heterocycles. The van der Waals surface area contributed by atoms with Crippen LogP contribution in [-0.4, -0.2) is 16.6 Å². The van der Waals surface area contributed by atoms with Gasteiger partial charge in [0.25, 0.3) is 0 Å². The number of hydrogen-bond acceptors (Lipinski definition) is 3. The van der Waals surface area contributed by atoms with Crippen LogP contribution in [0.4, 0.5) is 4.39 Å². The van der Waals surface area contributed by atoms with Crippen molar-refractivity contribution in [1.29, 1.82) is 0 Å². The number of nitrogens with zero attached hydrogens (tertiary/aromatic N) is 1. The average Bonchev–Trinajstić information content (AvgIpc) is 2.44. The van der Waals surface area contributed by atoms with E-state index in [1.807, 2.05) is 12.1 Å². The quantitative estimate of drug-likeness (QED) is 0.854. The van der Waals surface area contributed by atoms with Crippen LogP contribution in [0.25, 0.3) is 0 Å². The van der Waals surface area contributed by atoms with Gasteiger partial charge in [0.1, 0.15) is 5.82 Å². The Balaban J connectivity index is 1.76. The molecule has 2 rings (SSSR count). The van der Waals surface area contributed by atoms with Crippen LogP contribution >= 0.6 is 11.8 Å². The fourth-order valence-electron chi connectivity index (χ4n) is 1.48. The lowest BCUT2D eigenvalue weighted by Gasteiger charge is -2.05. The SMILES string of the molecule is O=C(CSc1ccncc1)NCc1cccc(F)c1. The Morgan fingerprint density at radius 3 is 2.79 bits per heavy atom. The molecule has 5 heteroatoms. The Hall–Kier alpha value is -1.88. The van der Waals surface area contributed by atoms with Crippen LogP contribution in [0.2, 0.25) is 0 Å². The monoisotopic (exact) mass is 276 g/mol.